The Bertz CT molecular complexity index is 610. The lowest BCUT2D eigenvalue weighted by molar-refractivity contribution is 0.0566. The molecule has 0 spiro atoms. The predicted octanol–water partition coefficient (Wildman–Crippen LogP) is 3.68. The molecule has 0 aliphatic rings. The molecule has 2 aromatic rings. The molecule has 18 heavy (non-hydrogen) atoms. The minimum absolute atomic E-state index is 0.145. The van der Waals surface area contributed by atoms with E-state index in [1.54, 1.807) is 36.4 Å². The fourth-order valence-corrected chi connectivity index (χ4v) is 1.45. The molecule has 0 N–H and O–H groups in total. The Labute approximate surface area is 102 Å². The number of hydrogen-bond acceptors (Lipinski definition) is 4. The first-order chi connectivity index (χ1) is 8.74. The number of benzene rings is 1. The molecule has 90 valence electrons. The summed E-state index contributed by atoms with van der Waals surface area (Å²) in [5.74, 6) is 0.168. The topological polar surface area (TPSA) is 88.2 Å². The van der Waals surface area contributed by atoms with Gasteiger partial charge in [-0.05, 0) is 17.7 Å². The van der Waals surface area contributed by atoms with Crippen molar-refractivity contribution < 1.29 is 13.9 Å². The van der Waals surface area contributed by atoms with Crippen molar-refractivity contribution in [2.75, 3.05) is 7.11 Å². The second kappa shape index (κ2) is 5.07. The zero-order chi connectivity index (χ0) is 13.0. The van der Waals surface area contributed by atoms with Crippen LogP contribution in [0.1, 0.15) is 10.6 Å². The summed E-state index contributed by atoms with van der Waals surface area (Å²) in [6.45, 7) is 0. The minimum atomic E-state index is -0.521. The SMILES string of the molecule is COC(=O)c1ccc(-c2ccc(N=[N+]=[N-])cc2)o1. The largest absolute Gasteiger partial charge is 0.463 e. The van der Waals surface area contributed by atoms with E-state index in [1.165, 1.54) is 7.11 Å². The van der Waals surface area contributed by atoms with Crippen molar-refractivity contribution in [2.24, 2.45) is 5.11 Å². The maximum Gasteiger partial charge on any atom is 0.373 e. The van der Waals surface area contributed by atoms with Gasteiger partial charge in [0.05, 0.1) is 7.11 Å². The number of ether oxygens (including phenoxy) is 1. The highest BCUT2D eigenvalue weighted by molar-refractivity contribution is 5.87. The monoisotopic (exact) mass is 243 g/mol. The first kappa shape index (κ1) is 11.8. The van der Waals surface area contributed by atoms with Crippen molar-refractivity contribution in [1.82, 2.24) is 0 Å². The molecule has 0 amide bonds. The molecule has 6 nitrogen and oxygen atoms in total. The molecule has 0 atom stereocenters. The van der Waals surface area contributed by atoms with Crippen LogP contribution in [0.2, 0.25) is 0 Å². The molecule has 0 unspecified atom stereocenters. The number of carbonyl (C=O) groups is 1. The van der Waals surface area contributed by atoms with Crippen molar-refractivity contribution in [2.45, 2.75) is 0 Å². The summed E-state index contributed by atoms with van der Waals surface area (Å²) < 4.78 is 9.89. The van der Waals surface area contributed by atoms with Gasteiger partial charge in [0.25, 0.3) is 0 Å². The van der Waals surface area contributed by atoms with Gasteiger partial charge in [-0.2, -0.15) is 0 Å². The van der Waals surface area contributed by atoms with Crippen molar-refractivity contribution in [3.8, 4) is 11.3 Å². The van der Waals surface area contributed by atoms with Gasteiger partial charge in [0, 0.05) is 16.2 Å². The van der Waals surface area contributed by atoms with Gasteiger partial charge in [0.2, 0.25) is 5.76 Å². The molecule has 0 aliphatic heterocycles. The fourth-order valence-electron chi connectivity index (χ4n) is 1.45. The number of nitrogens with zero attached hydrogens (tertiary/aromatic N) is 3. The van der Waals surface area contributed by atoms with Crippen LogP contribution < -0.4 is 0 Å². The summed E-state index contributed by atoms with van der Waals surface area (Å²) in [4.78, 5) is 13.9. The van der Waals surface area contributed by atoms with Crippen LogP contribution in [0, 0.1) is 0 Å². The quantitative estimate of drug-likeness (QED) is 0.356. The molecule has 0 fully saturated rings. The molecular formula is C12H9N3O3. The van der Waals surface area contributed by atoms with Gasteiger partial charge in [-0.25, -0.2) is 4.79 Å². The van der Waals surface area contributed by atoms with Crippen LogP contribution in [0.15, 0.2) is 45.9 Å². The van der Waals surface area contributed by atoms with Crippen molar-refractivity contribution in [3.63, 3.8) is 0 Å². The maximum absolute atomic E-state index is 11.2. The zero-order valence-electron chi connectivity index (χ0n) is 9.53. The molecule has 1 heterocycles. The van der Waals surface area contributed by atoms with Gasteiger partial charge in [-0.1, -0.05) is 29.4 Å². The van der Waals surface area contributed by atoms with Crippen LogP contribution in [0.3, 0.4) is 0 Å². The minimum Gasteiger partial charge on any atom is -0.463 e. The van der Waals surface area contributed by atoms with Crippen molar-refractivity contribution >= 4 is 11.7 Å². The van der Waals surface area contributed by atoms with E-state index >= 15 is 0 Å². The molecule has 0 bridgehead atoms. The number of methoxy groups -OCH3 is 1. The van der Waals surface area contributed by atoms with E-state index in [-0.39, 0.29) is 5.76 Å². The molecule has 6 heteroatoms. The van der Waals surface area contributed by atoms with Crippen LogP contribution in [0.4, 0.5) is 5.69 Å². The number of hydrogen-bond donors (Lipinski definition) is 0. The lowest BCUT2D eigenvalue weighted by Gasteiger charge is -1.97. The van der Waals surface area contributed by atoms with Crippen molar-refractivity contribution in [3.05, 3.63) is 52.6 Å². The molecule has 0 aliphatic carbocycles. The second-order valence-corrected chi connectivity index (χ2v) is 3.39. The Morgan fingerprint density at radius 1 is 1.28 bits per heavy atom. The first-order valence-electron chi connectivity index (χ1n) is 5.08. The highest BCUT2D eigenvalue weighted by Gasteiger charge is 2.11. The van der Waals surface area contributed by atoms with Gasteiger partial charge in [0.1, 0.15) is 5.76 Å². The Morgan fingerprint density at radius 2 is 2.00 bits per heavy atom. The van der Waals surface area contributed by atoms with Crippen molar-refractivity contribution in [1.29, 1.82) is 0 Å². The van der Waals surface area contributed by atoms with Crippen LogP contribution >= 0.6 is 0 Å². The van der Waals surface area contributed by atoms with Gasteiger partial charge >= 0.3 is 5.97 Å². The summed E-state index contributed by atoms with van der Waals surface area (Å²) >= 11 is 0. The van der Waals surface area contributed by atoms with Gasteiger partial charge < -0.3 is 9.15 Å². The number of furan rings is 1. The highest BCUT2D eigenvalue weighted by atomic mass is 16.5. The number of rotatable bonds is 3. The molecule has 0 radical (unpaired) electrons. The van der Waals surface area contributed by atoms with Gasteiger partial charge in [-0.15, -0.1) is 0 Å². The normalized spacial score (nSPS) is 9.61. The van der Waals surface area contributed by atoms with E-state index in [4.69, 9.17) is 9.95 Å². The summed E-state index contributed by atoms with van der Waals surface area (Å²) in [7, 11) is 1.29. The summed E-state index contributed by atoms with van der Waals surface area (Å²) in [6.07, 6.45) is 0. The summed E-state index contributed by atoms with van der Waals surface area (Å²) in [5.41, 5.74) is 9.58. The average Bonchev–Trinajstić information content (AvgIpc) is 2.89. The fraction of sp³-hybridized carbons (Fsp3) is 0.0833. The van der Waals surface area contributed by atoms with E-state index in [9.17, 15) is 4.79 Å². The molecular weight excluding hydrogens is 234 g/mol. The van der Waals surface area contributed by atoms with E-state index in [0.717, 1.165) is 5.56 Å². The highest BCUT2D eigenvalue weighted by Crippen LogP contribution is 2.24. The first-order valence-corrected chi connectivity index (χ1v) is 5.08. The summed E-state index contributed by atoms with van der Waals surface area (Å²) in [5, 5.41) is 3.46. The van der Waals surface area contributed by atoms with Crippen LogP contribution in [-0.4, -0.2) is 13.1 Å². The predicted molar refractivity (Wildman–Crippen MR) is 64.3 cm³/mol. The number of esters is 1. The standard InChI is InChI=1S/C12H9N3O3/c1-17-12(16)11-7-6-10(18-11)8-2-4-9(5-3-8)14-15-13/h2-7H,1H3. The van der Waals surface area contributed by atoms with Crippen LogP contribution in [-0.2, 0) is 4.74 Å². The third kappa shape index (κ3) is 2.34. The Hall–Kier alpha value is -2.72. The third-order valence-electron chi connectivity index (χ3n) is 2.30. The third-order valence-corrected chi connectivity index (χ3v) is 2.30. The van der Waals surface area contributed by atoms with E-state index < -0.39 is 5.97 Å². The maximum atomic E-state index is 11.2. The molecule has 0 saturated carbocycles. The molecule has 2 rings (SSSR count). The smallest absolute Gasteiger partial charge is 0.373 e. The molecule has 1 aromatic carbocycles. The number of azide groups is 1. The van der Waals surface area contributed by atoms with E-state index in [2.05, 4.69) is 14.8 Å². The lowest BCUT2D eigenvalue weighted by atomic mass is 10.1. The number of carbonyl (C=O) groups excluding carboxylic acids is 1. The van der Waals surface area contributed by atoms with Gasteiger partial charge in [0.15, 0.2) is 0 Å². The second-order valence-electron chi connectivity index (χ2n) is 3.39. The zero-order valence-corrected chi connectivity index (χ0v) is 9.53. The Morgan fingerprint density at radius 3 is 2.61 bits per heavy atom. The summed E-state index contributed by atoms with van der Waals surface area (Å²) in [6, 6.07) is 10.0. The van der Waals surface area contributed by atoms with Gasteiger partial charge in [-0.3, -0.25) is 0 Å². The Balaban J connectivity index is 2.28. The van der Waals surface area contributed by atoms with E-state index in [0.29, 0.717) is 11.4 Å². The molecule has 0 saturated heterocycles. The molecule has 1 aromatic heterocycles. The van der Waals surface area contributed by atoms with Crippen LogP contribution in [0.5, 0.6) is 0 Å². The van der Waals surface area contributed by atoms with Crippen LogP contribution in [0.25, 0.3) is 21.8 Å². The Kier molecular flexibility index (Phi) is 3.31. The van der Waals surface area contributed by atoms with E-state index in [1.807, 2.05) is 0 Å². The lowest BCUT2D eigenvalue weighted by Crippen LogP contribution is -1.98. The average molecular weight is 243 g/mol.